The summed E-state index contributed by atoms with van der Waals surface area (Å²) in [6.45, 7) is 2.96. The molecule has 4 nitrogen and oxygen atoms in total. The normalized spacial score (nSPS) is 19.8. The minimum Gasteiger partial charge on any atom is -0.481 e. The molecule has 1 heterocycles. The van der Waals surface area contributed by atoms with E-state index in [0.717, 1.165) is 23.6 Å². The summed E-state index contributed by atoms with van der Waals surface area (Å²) in [6, 6.07) is 11.4. The van der Waals surface area contributed by atoms with Crippen molar-refractivity contribution >= 4 is 18.0 Å². The Kier molecular flexibility index (Phi) is 6.08. The topological polar surface area (TPSA) is 57.6 Å². The number of hydrogen-bond donors (Lipinski definition) is 1. The van der Waals surface area contributed by atoms with Gasteiger partial charge in [-0.05, 0) is 66.4 Å². The van der Waals surface area contributed by atoms with Crippen LogP contribution in [0.15, 0.2) is 48.5 Å². The largest absolute Gasteiger partial charge is 0.481 e. The Hall–Kier alpha value is -3.09. The Labute approximate surface area is 190 Å². The Morgan fingerprint density at radius 3 is 2.52 bits per heavy atom. The van der Waals surface area contributed by atoms with Gasteiger partial charge in [0.15, 0.2) is 0 Å². The van der Waals surface area contributed by atoms with Crippen LogP contribution in [0.2, 0.25) is 0 Å². The molecule has 1 aliphatic heterocycles. The molecule has 33 heavy (non-hydrogen) atoms. The number of benzene rings is 2. The molecule has 0 saturated carbocycles. The van der Waals surface area contributed by atoms with Gasteiger partial charge in [-0.1, -0.05) is 42.0 Å². The molecule has 1 N–H and O–H groups in total. The summed E-state index contributed by atoms with van der Waals surface area (Å²) >= 11 is 0. The van der Waals surface area contributed by atoms with Gasteiger partial charge in [0.2, 0.25) is 5.91 Å². The number of carboxylic acid groups (broad SMARTS) is 1. The van der Waals surface area contributed by atoms with Crippen LogP contribution in [0.3, 0.4) is 0 Å². The van der Waals surface area contributed by atoms with Crippen molar-refractivity contribution < 1.29 is 27.9 Å². The molecule has 0 aromatic heterocycles. The molecule has 1 amide bonds. The number of amides is 1. The molecule has 1 saturated heterocycles. The smallest absolute Gasteiger partial charge is 0.416 e. The number of piperidine rings is 1. The molecule has 7 heteroatoms. The first-order valence-corrected chi connectivity index (χ1v) is 11.1. The number of alkyl halides is 3. The van der Waals surface area contributed by atoms with E-state index in [1.165, 1.54) is 35.9 Å². The molecular formula is C26H26F3NO3. The van der Waals surface area contributed by atoms with Crippen LogP contribution >= 0.6 is 0 Å². The number of carboxylic acids is 1. The lowest BCUT2D eigenvalue weighted by Gasteiger charge is -2.40. The van der Waals surface area contributed by atoms with Gasteiger partial charge in [0.25, 0.3) is 0 Å². The fraction of sp³-hybridized carbons (Fsp3) is 0.385. The van der Waals surface area contributed by atoms with Gasteiger partial charge in [-0.2, -0.15) is 13.2 Å². The SMILES string of the molecule is Cc1ccc2c(c1)C(CC(=O)O)CC21CCN(C(=O)C=Cc2ccccc2C(F)(F)F)CC1. The van der Waals surface area contributed by atoms with Crippen LogP contribution in [0.4, 0.5) is 13.2 Å². The summed E-state index contributed by atoms with van der Waals surface area (Å²) in [4.78, 5) is 25.8. The van der Waals surface area contributed by atoms with Gasteiger partial charge in [-0.3, -0.25) is 9.59 Å². The summed E-state index contributed by atoms with van der Waals surface area (Å²) in [5.74, 6) is -1.18. The number of aryl methyl sites for hydroxylation is 1. The first-order valence-electron chi connectivity index (χ1n) is 11.1. The van der Waals surface area contributed by atoms with E-state index in [1.807, 2.05) is 13.0 Å². The predicted molar refractivity (Wildman–Crippen MR) is 119 cm³/mol. The van der Waals surface area contributed by atoms with Crippen LogP contribution in [-0.2, 0) is 21.2 Å². The number of likely N-dealkylation sites (tertiary alicyclic amines) is 1. The summed E-state index contributed by atoms with van der Waals surface area (Å²) in [5, 5.41) is 9.36. The van der Waals surface area contributed by atoms with E-state index in [4.69, 9.17) is 0 Å². The molecular weight excluding hydrogens is 431 g/mol. The molecule has 0 radical (unpaired) electrons. The Balaban J connectivity index is 1.48. The van der Waals surface area contributed by atoms with Crippen molar-refractivity contribution in [1.29, 1.82) is 0 Å². The number of fused-ring (bicyclic) bond motifs is 2. The maximum absolute atomic E-state index is 13.2. The van der Waals surface area contributed by atoms with E-state index in [1.54, 1.807) is 4.90 Å². The van der Waals surface area contributed by atoms with Gasteiger partial charge >= 0.3 is 12.1 Å². The van der Waals surface area contributed by atoms with E-state index >= 15 is 0 Å². The standard InChI is InChI=1S/C26H26F3NO3/c1-17-6-8-22-20(14-17)19(15-24(32)33)16-25(22)10-12-30(13-11-25)23(31)9-7-18-4-2-3-5-21(18)26(27,28)29/h2-9,14,19H,10-13,15-16H2,1H3,(H,32,33). The summed E-state index contributed by atoms with van der Waals surface area (Å²) in [7, 11) is 0. The van der Waals surface area contributed by atoms with Crippen molar-refractivity contribution in [3.05, 3.63) is 76.4 Å². The molecule has 1 spiro atoms. The average molecular weight is 457 g/mol. The first-order chi connectivity index (χ1) is 15.6. The summed E-state index contributed by atoms with van der Waals surface area (Å²) in [6.07, 6.45) is 0.197. The lowest BCUT2D eigenvalue weighted by molar-refractivity contribution is -0.138. The monoisotopic (exact) mass is 457 g/mol. The van der Waals surface area contributed by atoms with E-state index in [-0.39, 0.29) is 29.2 Å². The molecule has 2 aromatic carbocycles. The van der Waals surface area contributed by atoms with Crippen molar-refractivity contribution in [1.82, 2.24) is 4.90 Å². The van der Waals surface area contributed by atoms with Gasteiger partial charge in [0.1, 0.15) is 0 Å². The van der Waals surface area contributed by atoms with Gasteiger partial charge in [0, 0.05) is 19.2 Å². The van der Waals surface area contributed by atoms with Gasteiger partial charge < -0.3 is 10.0 Å². The first kappa shape index (κ1) is 23.1. The Morgan fingerprint density at radius 1 is 1.15 bits per heavy atom. The quantitative estimate of drug-likeness (QED) is 0.613. The number of halogens is 3. The van der Waals surface area contributed by atoms with E-state index in [0.29, 0.717) is 25.9 Å². The lowest BCUT2D eigenvalue weighted by Crippen LogP contribution is -2.43. The summed E-state index contributed by atoms with van der Waals surface area (Å²) < 4.78 is 39.6. The molecule has 174 valence electrons. The van der Waals surface area contributed by atoms with Gasteiger partial charge in [-0.25, -0.2) is 0 Å². The third kappa shape index (κ3) is 4.68. The number of aliphatic carboxylic acids is 1. The second-order valence-corrected chi connectivity index (χ2v) is 9.11. The molecule has 2 aliphatic rings. The van der Waals surface area contributed by atoms with Crippen LogP contribution < -0.4 is 0 Å². The molecule has 4 rings (SSSR count). The Bertz CT molecular complexity index is 1100. The van der Waals surface area contributed by atoms with E-state index < -0.39 is 17.7 Å². The predicted octanol–water partition coefficient (Wildman–Crippen LogP) is 5.55. The highest BCUT2D eigenvalue weighted by molar-refractivity contribution is 5.92. The molecule has 1 unspecified atom stereocenters. The van der Waals surface area contributed by atoms with E-state index in [9.17, 15) is 27.9 Å². The molecule has 2 aromatic rings. The third-order valence-electron chi connectivity index (χ3n) is 6.98. The average Bonchev–Trinajstić information content (AvgIpc) is 3.03. The fourth-order valence-electron chi connectivity index (χ4n) is 5.38. The highest BCUT2D eigenvalue weighted by atomic mass is 19.4. The maximum Gasteiger partial charge on any atom is 0.416 e. The highest BCUT2D eigenvalue weighted by Gasteiger charge is 2.46. The zero-order valence-electron chi connectivity index (χ0n) is 18.4. The van der Waals surface area contributed by atoms with Crippen LogP contribution in [0.5, 0.6) is 0 Å². The molecule has 0 bridgehead atoms. The maximum atomic E-state index is 13.2. The van der Waals surface area contributed by atoms with Crippen molar-refractivity contribution in [2.45, 2.75) is 50.1 Å². The molecule has 1 atom stereocenters. The van der Waals surface area contributed by atoms with E-state index in [2.05, 4.69) is 12.1 Å². The summed E-state index contributed by atoms with van der Waals surface area (Å²) in [5.41, 5.74) is 2.41. The van der Waals surface area contributed by atoms with Crippen molar-refractivity contribution in [3.8, 4) is 0 Å². The lowest BCUT2D eigenvalue weighted by atomic mass is 9.73. The van der Waals surface area contributed by atoms with Crippen LogP contribution in [0.1, 0.15) is 59.4 Å². The number of nitrogens with zero attached hydrogens (tertiary/aromatic N) is 1. The van der Waals surface area contributed by atoms with Crippen molar-refractivity contribution in [2.24, 2.45) is 0 Å². The second-order valence-electron chi connectivity index (χ2n) is 9.11. The fourth-order valence-corrected chi connectivity index (χ4v) is 5.38. The Morgan fingerprint density at radius 2 is 1.85 bits per heavy atom. The van der Waals surface area contributed by atoms with Crippen LogP contribution in [-0.4, -0.2) is 35.0 Å². The minimum absolute atomic E-state index is 0.0385. The zero-order chi connectivity index (χ0) is 23.8. The number of hydrogen-bond acceptors (Lipinski definition) is 2. The van der Waals surface area contributed by atoms with Crippen molar-refractivity contribution in [3.63, 3.8) is 0 Å². The van der Waals surface area contributed by atoms with Gasteiger partial charge in [0.05, 0.1) is 12.0 Å². The number of carbonyl (C=O) groups is 2. The highest BCUT2D eigenvalue weighted by Crippen LogP contribution is 2.53. The zero-order valence-corrected chi connectivity index (χ0v) is 18.4. The molecule has 1 fully saturated rings. The molecule has 1 aliphatic carbocycles. The van der Waals surface area contributed by atoms with Crippen LogP contribution in [0, 0.1) is 6.92 Å². The second kappa shape index (κ2) is 8.69. The minimum atomic E-state index is -4.48. The van der Waals surface area contributed by atoms with Gasteiger partial charge in [-0.15, -0.1) is 0 Å². The third-order valence-corrected chi connectivity index (χ3v) is 6.98. The van der Waals surface area contributed by atoms with Crippen molar-refractivity contribution in [2.75, 3.05) is 13.1 Å². The number of rotatable bonds is 4. The van der Waals surface area contributed by atoms with Crippen LogP contribution in [0.25, 0.3) is 6.08 Å². The number of carbonyl (C=O) groups excluding carboxylic acids is 1.